The van der Waals surface area contributed by atoms with Crippen LogP contribution in [-0.4, -0.2) is 33.9 Å². The zero-order chi connectivity index (χ0) is 21.5. The second kappa shape index (κ2) is 9.99. The van der Waals surface area contributed by atoms with E-state index < -0.39 is 0 Å². The van der Waals surface area contributed by atoms with Crippen LogP contribution in [0.4, 0.5) is 0 Å². The molecule has 0 aliphatic rings. The molecule has 8 heteroatoms. The number of rotatable bonds is 9. The Morgan fingerprint density at radius 2 is 1.81 bits per heavy atom. The molecule has 1 amide bonds. The quantitative estimate of drug-likeness (QED) is 0.354. The SMILES string of the molecule is COc1ccc(-c2nnc(SCC(=O)N(Cc3ccccc3)Cc3ccco3)o2)cc1. The minimum atomic E-state index is -0.0468. The van der Waals surface area contributed by atoms with Crippen molar-refractivity contribution in [1.29, 1.82) is 0 Å². The molecule has 0 spiro atoms. The second-order valence-electron chi connectivity index (χ2n) is 6.71. The molecule has 4 rings (SSSR count). The van der Waals surface area contributed by atoms with Gasteiger partial charge in [-0.15, -0.1) is 10.2 Å². The Morgan fingerprint density at radius 1 is 1.00 bits per heavy atom. The lowest BCUT2D eigenvalue weighted by Gasteiger charge is -2.21. The van der Waals surface area contributed by atoms with E-state index in [-0.39, 0.29) is 11.7 Å². The van der Waals surface area contributed by atoms with Crippen LogP contribution >= 0.6 is 11.8 Å². The van der Waals surface area contributed by atoms with Crippen molar-refractivity contribution in [3.05, 3.63) is 84.3 Å². The monoisotopic (exact) mass is 435 g/mol. The summed E-state index contributed by atoms with van der Waals surface area (Å²) < 4.78 is 16.3. The summed E-state index contributed by atoms with van der Waals surface area (Å²) in [7, 11) is 1.61. The van der Waals surface area contributed by atoms with E-state index in [1.165, 1.54) is 11.8 Å². The van der Waals surface area contributed by atoms with Crippen LogP contribution in [-0.2, 0) is 17.9 Å². The molecule has 0 bridgehead atoms. The molecule has 2 aromatic heterocycles. The molecule has 0 saturated heterocycles. The third kappa shape index (κ3) is 5.55. The summed E-state index contributed by atoms with van der Waals surface area (Å²) in [5.74, 6) is 2.01. The van der Waals surface area contributed by atoms with E-state index in [9.17, 15) is 4.79 Å². The first-order chi connectivity index (χ1) is 15.2. The van der Waals surface area contributed by atoms with Crippen LogP contribution in [0.1, 0.15) is 11.3 Å². The van der Waals surface area contributed by atoms with Gasteiger partial charge in [-0.05, 0) is 42.0 Å². The van der Waals surface area contributed by atoms with Crippen molar-refractivity contribution in [2.45, 2.75) is 18.3 Å². The van der Waals surface area contributed by atoms with Gasteiger partial charge in [-0.1, -0.05) is 42.1 Å². The standard InChI is InChI=1S/C23H21N3O4S/c1-28-19-11-9-18(10-12-19)22-24-25-23(30-22)31-16-21(27)26(15-20-8-5-13-29-20)14-17-6-3-2-4-7-17/h2-13H,14-16H2,1H3. The number of furan rings is 1. The normalized spacial score (nSPS) is 10.7. The highest BCUT2D eigenvalue weighted by Gasteiger charge is 2.18. The van der Waals surface area contributed by atoms with Crippen LogP contribution in [0.3, 0.4) is 0 Å². The van der Waals surface area contributed by atoms with Gasteiger partial charge in [-0.3, -0.25) is 4.79 Å². The molecule has 31 heavy (non-hydrogen) atoms. The van der Waals surface area contributed by atoms with Crippen molar-refractivity contribution in [2.75, 3.05) is 12.9 Å². The van der Waals surface area contributed by atoms with Crippen LogP contribution in [0.25, 0.3) is 11.5 Å². The molecule has 0 radical (unpaired) electrons. The Balaban J connectivity index is 1.40. The van der Waals surface area contributed by atoms with Crippen LogP contribution < -0.4 is 4.74 Å². The number of hydrogen-bond acceptors (Lipinski definition) is 7. The molecular weight excluding hydrogens is 414 g/mol. The van der Waals surface area contributed by atoms with E-state index in [1.54, 1.807) is 18.3 Å². The van der Waals surface area contributed by atoms with E-state index in [0.29, 0.717) is 24.2 Å². The Kier molecular flexibility index (Phi) is 6.68. The third-order valence-corrected chi connectivity index (χ3v) is 5.36. The highest BCUT2D eigenvalue weighted by atomic mass is 32.2. The fourth-order valence-electron chi connectivity index (χ4n) is 2.96. The summed E-state index contributed by atoms with van der Waals surface area (Å²) in [6.07, 6.45) is 1.61. The van der Waals surface area contributed by atoms with Crippen molar-refractivity contribution in [2.24, 2.45) is 0 Å². The zero-order valence-electron chi connectivity index (χ0n) is 16.9. The van der Waals surface area contributed by atoms with Gasteiger partial charge in [0.1, 0.15) is 11.5 Å². The lowest BCUT2D eigenvalue weighted by Crippen LogP contribution is -2.31. The molecule has 0 aliphatic heterocycles. The van der Waals surface area contributed by atoms with Gasteiger partial charge in [0.05, 0.1) is 25.7 Å². The summed E-state index contributed by atoms with van der Waals surface area (Å²) in [5, 5.41) is 8.47. The minimum Gasteiger partial charge on any atom is -0.497 e. The first-order valence-electron chi connectivity index (χ1n) is 9.66. The predicted octanol–water partition coefficient (Wildman–Crippen LogP) is 4.66. The molecule has 2 heterocycles. The molecule has 0 aliphatic carbocycles. The summed E-state index contributed by atoms with van der Waals surface area (Å²) >= 11 is 1.22. The second-order valence-corrected chi connectivity index (χ2v) is 7.63. The van der Waals surface area contributed by atoms with Gasteiger partial charge in [-0.2, -0.15) is 0 Å². The smallest absolute Gasteiger partial charge is 0.277 e. The van der Waals surface area contributed by atoms with Crippen molar-refractivity contribution in [3.8, 4) is 17.2 Å². The Morgan fingerprint density at radius 3 is 2.52 bits per heavy atom. The van der Waals surface area contributed by atoms with Crippen LogP contribution in [0, 0.1) is 0 Å². The average Bonchev–Trinajstić information content (AvgIpc) is 3.50. The summed E-state index contributed by atoms with van der Waals surface area (Å²) in [5.41, 5.74) is 1.84. The number of benzene rings is 2. The van der Waals surface area contributed by atoms with Gasteiger partial charge < -0.3 is 18.5 Å². The number of carbonyl (C=O) groups excluding carboxylic acids is 1. The van der Waals surface area contributed by atoms with Crippen molar-refractivity contribution >= 4 is 17.7 Å². The lowest BCUT2D eigenvalue weighted by atomic mass is 10.2. The molecule has 0 saturated carbocycles. The Hall–Kier alpha value is -3.52. The van der Waals surface area contributed by atoms with Gasteiger partial charge in [0.25, 0.3) is 5.22 Å². The number of amides is 1. The number of nitrogens with zero attached hydrogens (tertiary/aromatic N) is 3. The maximum Gasteiger partial charge on any atom is 0.277 e. The molecule has 158 valence electrons. The van der Waals surface area contributed by atoms with Crippen molar-refractivity contribution in [3.63, 3.8) is 0 Å². The largest absolute Gasteiger partial charge is 0.497 e. The van der Waals surface area contributed by atoms with Crippen LogP contribution in [0.5, 0.6) is 5.75 Å². The molecule has 0 fully saturated rings. The van der Waals surface area contributed by atoms with Gasteiger partial charge >= 0.3 is 0 Å². The fraction of sp³-hybridized carbons (Fsp3) is 0.174. The first-order valence-corrected chi connectivity index (χ1v) is 10.6. The van der Waals surface area contributed by atoms with Gasteiger partial charge in [0, 0.05) is 12.1 Å². The summed E-state index contributed by atoms with van der Waals surface area (Å²) in [6, 6.07) is 20.9. The van der Waals surface area contributed by atoms with E-state index in [0.717, 1.165) is 22.6 Å². The minimum absolute atomic E-state index is 0.0468. The number of methoxy groups -OCH3 is 1. The van der Waals surface area contributed by atoms with Gasteiger partial charge in [-0.25, -0.2) is 0 Å². The topological polar surface area (TPSA) is 81.6 Å². The number of thioether (sulfide) groups is 1. The average molecular weight is 436 g/mol. The number of carbonyl (C=O) groups is 1. The molecular formula is C23H21N3O4S. The molecule has 4 aromatic rings. The predicted molar refractivity (Wildman–Crippen MR) is 116 cm³/mol. The highest BCUT2D eigenvalue weighted by molar-refractivity contribution is 7.99. The summed E-state index contributed by atoms with van der Waals surface area (Å²) in [4.78, 5) is 14.7. The Bertz CT molecular complexity index is 1100. The first kappa shape index (κ1) is 20.7. The third-order valence-electron chi connectivity index (χ3n) is 4.56. The highest BCUT2D eigenvalue weighted by Crippen LogP contribution is 2.25. The fourth-order valence-corrected chi connectivity index (χ4v) is 3.63. The van der Waals surface area contributed by atoms with Crippen LogP contribution in [0.15, 0.2) is 87.1 Å². The van der Waals surface area contributed by atoms with Crippen molar-refractivity contribution in [1.82, 2.24) is 15.1 Å². The van der Waals surface area contributed by atoms with E-state index >= 15 is 0 Å². The van der Waals surface area contributed by atoms with Crippen LogP contribution in [0.2, 0.25) is 0 Å². The molecule has 2 aromatic carbocycles. The maximum absolute atomic E-state index is 13.0. The zero-order valence-corrected chi connectivity index (χ0v) is 17.7. The maximum atomic E-state index is 13.0. The van der Waals surface area contributed by atoms with E-state index in [1.807, 2.05) is 66.7 Å². The van der Waals surface area contributed by atoms with Gasteiger partial charge in [0.2, 0.25) is 11.8 Å². The van der Waals surface area contributed by atoms with E-state index in [2.05, 4.69) is 10.2 Å². The number of ether oxygens (including phenoxy) is 1. The van der Waals surface area contributed by atoms with Gasteiger partial charge in [0.15, 0.2) is 0 Å². The molecule has 0 atom stereocenters. The summed E-state index contributed by atoms with van der Waals surface area (Å²) in [6.45, 7) is 0.879. The lowest BCUT2D eigenvalue weighted by molar-refractivity contribution is -0.129. The van der Waals surface area contributed by atoms with Crippen molar-refractivity contribution < 1.29 is 18.4 Å². The molecule has 0 unspecified atom stereocenters. The molecule has 7 nitrogen and oxygen atoms in total. The molecule has 0 N–H and O–H groups in total. The number of aromatic nitrogens is 2. The van der Waals surface area contributed by atoms with E-state index in [4.69, 9.17) is 13.6 Å². The number of hydrogen-bond donors (Lipinski definition) is 0. The Labute approximate surface area is 184 Å².